The molecule has 5 heteroatoms. The molecule has 0 unspecified atom stereocenters. The number of anilines is 1. The molecule has 0 bridgehead atoms. The minimum atomic E-state index is -0.326. The Labute approximate surface area is 115 Å². The molecule has 0 aliphatic heterocycles. The van der Waals surface area contributed by atoms with Crippen molar-refractivity contribution in [3.63, 3.8) is 0 Å². The number of ether oxygens (including phenoxy) is 2. The molecule has 0 aromatic heterocycles. The number of rotatable bonds is 6. The molecule has 1 N–H and O–H groups in total. The van der Waals surface area contributed by atoms with Gasteiger partial charge in [0.15, 0.2) is 0 Å². The summed E-state index contributed by atoms with van der Waals surface area (Å²) in [5.74, 6) is 0.432. The van der Waals surface area contributed by atoms with Crippen molar-refractivity contribution in [1.82, 2.24) is 0 Å². The van der Waals surface area contributed by atoms with E-state index < -0.39 is 0 Å². The van der Waals surface area contributed by atoms with E-state index in [1.807, 2.05) is 18.2 Å². The number of benzene rings is 1. The topological polar surface area (TPSA) is 47.6 Å². The number of hydrogen-bond acceptors (Lipinski definition) is 4. The van der Waals surface area contributed by atoms with Gasteiger partial charge in [-0.25, -0.2) is 4.79 Å². The van der Waals surface area contributed by atoms with Gasteiger partial charge in [-0.15, -0.1) is 0 Å². The Morgan fingerprint density at radius 2 is 2.28 bits per heavy atom. The number of methoxy groups -OCH3 is 1. The van der Waals surface area contributed by atoms with Crippen LogP contribution >= 0.6 is 15.9 Å². The fraction of sp³-hybridized carbons (Fsp3) is 0.308. The van der Waals surface area contributed by atoms with E-state index in [0.29, 0.717) is 13.2 Å². The summed E-state index contributed by atoms with van der Waals surface area (Å²) >= 11 is 3.38. The van der Waals surface area contributed by atoms with Gasteiger partial charge in [0, 0.05) is 24.4 Å². The second-order valence-electron chi connectivity index (χ2n) is 3.38. The van der Waals surface area contributed by atoms with Crippen LogP contribution in [0.3, 0.4) is 0 Å². The molecule has 0 aliphatic carbocycles. The van der Waals surface area contributed by atoms with Crippen molar-refractivity contribution in [2.75, 3.05) is 25.6 Å². The molecule has 0 radical (unpaired) electrons. The average molecular weight is 314 g/mol. The van der Waals surface area contributed by atoms with E-state index in [0.717, 1.165) is 15.9 Å². The van der Waals surface area contributed by atoms with Gasteiger partial charge >= 0.3 is 5.97 Å². The van der Waals surface area contributed by atoms with E-state index in [2.05, 4.69) is 21.2 Å². The van der Waals surface area contributed by atoms with Crippen molar-refractivity contribution in [3.05, 3.63) is 34.8 Å². The molecular weight excluding hydrogens is 298 g/mol. The highest BCUT2D eigenvalue weighted by molar-refractivity contribution is 9.10. The summed E-state index contributed by atoms with van der Waals surface area (Å²) in [6.07, 6.45) is 3.12. The van der Waals surface area contributed by atoms with Crippen LogP contribution < -0.4 is 10.1 Å². The van der Waals surface area contributed by atoms with Crippen molar-refractivity contribution in [3.8, 4) is 5.75 Å². The molecular formula is C13H16BrNO3. The second-order valence-corrected chi connectivity index (χ2v) is 4.24. The Morgan fingerprint density at radius 1 is 1.50 bits per heavy atom. The number of halogens is 1. The number of esters is 1. The summed E-state index contributed by atoms with van der Waals surface area (Å²) in [7, 11) is 1.62. The average Bonchev–Trinajstić information content (AvgIpc) is 2.37. The molecule has 1 rings (SSSR count). The summed E-state index contributed by atoms with van der Waals surface area (Å²) < 4.78 is 10.9. The normalized spacial score (nSPS) is 10.4. The minimum absolute atomic E-state index is 0.326. The van der Waals surface area contributed by atoms with Gasteiger partial charge in [0.05, 0.1) is 18.2 Å². The van der Waals surface area contributed by atoms with E-state index in [-0.39, 0.29) is 5.97 Å². The summed E-state index contributed by atoms with van der Waals surface area (Å²) in [5.41, 5.74) is 0.920. The Kier molecular flexibility index (Phi) is 6.28. The molecule has 0 saturated carbocycles. The Balaban J connectivity index is 2.46. The van der Waals surface area contributed by atoms with Crippen LogP contribution in [0.15, 0.2) is 34.8 Å². The highest BCUT2D eigenvalue weighted by Crippen LogP contribution is 2.27. The molecule has 1 aromatic rings. The van der Waals surface area contributed by atoms with Crippen LogP contribution in [0.5, 0.6) is 5.75 Å². The predicted molar refractivity (Wildman–Crippen MR) is 75.0 cm³/mol. The van der Waals surface area contributed by atoms with Crippen molar-refractivity contribution in [1.29, 1.82) is 0 Å². The molecule has 18 heavy (non-hydrogen) atoms. The molecule has 4 nitrogen and oxygen atoms in total. The molecule has 0 spiro atoms. The molecule has 0 fully saturated rings. The quantitative estimate of drug-likeness (QED) is 0.648. The number of nitrogens with one attached hydrogen (secondary N) is 1. The zero-order valence-electron chi connectivity index (χ0n) is 10.4. The zero-order valence-corrected chi connectivity index (χ0v) is 12.0. The van der Waals surface area contributed by atoms with Gasteiger partial charge in [0.25, 0.3) is 0 Å². The molecule has 0 amide bonds. The summed E-state index contributed by atoms with van der Waals surface area (Å²) in [6, 6.07) is 5.70. The van der Waals surface area contributed by atoms with Gasteiger partial charge in [-0.1, -0.05) is 6.08 Å². The van der Waals surface area contributed by atoms with Gasteiger partial charge < -0.3 is 14.8 Å². The fourth-order valence-corrected chi connectivity index (χ4v) is 1.70. The summed E-state index contributed by atoms with van der Waals surface area (Å²) in [5, 5.41) is 3.15. The van der Waals surface area contributed by atoms with Crippen LogP contribution in [-0.2, 0) is 9.53 Å². The predicted octanol–water partition coefficient (Wildman–Crippen LogP) is 2.99. The lowest BCUT2D eigenvalue weighted by Crippen LogP contribution is -2.02. The fourth-order valence-electron chi connectivity index (χ4n) is 1.29. The lowest BCUT2D eigenvalue weighted by molar-refractivity contribution is -0.137. The maximum Gasteiger partial charge on any atom is 0.330 e. The molecule has 0 atom stereocenters. The molecule has 0 saturated heterocycles. The maximum atomic E-state index is 11.0. The van der Waals surface area contributed by atoms with Crippen LogP contribution in [0.4, 0.5) is 5.69 Å². The first-order chi connectivity index (χ1) is 8.67. The molecule has 0 aliphatic rings. The van der Waals surface area contributed by atoms with E-state index in [1.54, 1.807) is 20.1 Å². The van der Waals surface area contributed by atoms with Crippen molar-refractivity contribution < 1.29 is 14.3 Å². The van der Waals surface area contributed by atoms with Gasteiger partial charge in [0.2, 0.25) is 0 Å². The van der Waals surface area contributed by atoms with Gasteiger partial charge in [-0.2, -0.15) is 0 Å². The van der Waals surface area contributed by atoms with E-state index in [4.69, 9.17) is 9.47 Å². The number of hydrogen-bond donors (Lipinski definition) is 1. The van der Waals surface area contributed by atoms with Crippen LogP contribution in [0.25, 0.3) is 0 Å². The number of carbonyl (C=O) groups excluding carboxylic acids is 1. The van der Waals surface area contributed by atoms with Gasteiger partial charge in [0.1, 0.15) is 5.75 Å². The monoisotopic (exact) mass is 313 g/mol. The second kappa shape index (κ2) is 7.76. The van der Waals surface area contributed by atoms with Crippen LogP contribution in [0.2, 0.25) is 0 Å². The molecule has 98 valence electrons. The van der Waals surface area contributed by atoms with Crippen molar-refractivity contribution >= 4 is 27.6 Å². The molecule has 1 aromatic carbocycles. The maximum absolute atomic E-state index is 11.0. The third kappa shape index (κ3) is 4.79. The first-order valence-corrected chi connectivity index (χ1v) is 6.37. The third-order valence-corrected chi connectivity index (χ3v) is 2.77. The zero-order chi connectivity index (χ0) is 13.4. The third-order valence-electron chi connectivity index (χ3n) is 2.12. The Bertz CT molecular complexity index is 432. The van der Waals surface area contributed by atoms with Gasteiger partial charge in [-0.05, 0) is 35.0 Å². The van der Waals surface area contributed by atoms with Crippen molar-refractivity contribution in [2.45, 2.75) is 6.92 Å². The van der Waals surface area contributed by atoms with Crippen LogP contribution in [0.1, 0.15) is 6.92 Å². The van der Waals surface area contributed by atoms with Crippen molar-refractivity contribution in [2.24, 2.45) is 0 Å². The van der Waals surface area contributed by atoms with Gasteiger partial charge in [-0.3, -0.25) is 0 Å². The SMILES string of the molecule is CCOC(=O)/C=C/CNc1ccc(Br)c(OC)c1. The standard InChI is InChI=1S/C13H16BrNO3/c1-3-18-13(16)5-4-8-15-10-6-7-11(14)12(9-10)17-2/h4-7,9,15H,3,8H2,1-2H3/b5-4+. The Morgan fingerprint density at radius 3 is 2.94 bits per heavy atom. The van der Waals surface area contributed by atoms with Crippen LogP contribution in [-0.4, -0.2) is 26.2 Å². The summed E-state index contributed by atoms with van der Waals surface area (Å²) in [6.45, 7) is 2.71. The highest BCUT2D eigenvalue weighted by atomic mass is 79.9. The van der Waals surface area contributed by atoms with E-state index in [1.165, 1.54) is 6.08 Å². The Hall–Kier alpha value is -1.49. The first-order valence-electron chi connectivity index (χ1n) is 5.58. The number of carbonyl (C=O) groups is 1. The van der Waals surface area contributed by atoms with E-state index >= 15 is 0 Å². The lowest BCUT2D eigenvalue weighted by Gasteiger charge is -2.07. The molecule has 0 heterocycles. The highest BCUT2D eigenvalue weighted by Gasteiger charge is 2.00. The first kappa shape index (κ1) is 14.6. The van der Waals surface area contributed by atoms with E-state index in [9.17, 15) is 4.79 Å². The largest absolute Gasteiger partial charge is 0.495 e. The minimum Gasteiger partial charge on any atom is -0.495 e. The smallest absolute Gasteiger partial charge is 0.330 e. The summed E-state index contributed by atoms with van der Waals surface area (Å²) in [4.78, 5) is 11.0. The lowest BCUT2D eigenvalue weighted by atomic mass is 10.3. The van der Waals surface area contributed by atoms with Crippen LogP contribution in [0, 0.1) is 0 Å².